The number of nitrogens with one attached hydrogen (secondary N) is 1. The summed E-state index contributed by atoms with van der Waals surface area (Å²) in [5, 5.41) is 12.5. The van der Waals surface area contributed by atoms with Crippen molar-refractivity contribution in [2.45, 2.75) is 19.3 Å². The number of oxazole rings is 1. The number of nitrogens with zero attached hydrogens (tertiary/aromatic N) is 1. The molecule has 1 saturated carbocycles. The Morgan fingerprint density at radius 1 is 1.37 bits per heavy atom. The lowest BCUT2D eigenvalue weighted by molar-refractivity contribution is 0.198. The van der Waals surface area contributed by atoms with Crippen LogP contribution in [-0.2, 0) is 0 Å². The van der Waals surface area contributed by atoms with Crippen molar-refractivity contribution in [3.8, 4) is 0 Å². The van der Waals surface area contributed by atoms with Gasteiger partial charge in [-0.3, -0.25) is 0 Å². The summed E-state index contributed by atoms with van der Waals surface area (Å²) < 4.78 is 5.61. The van der Waals surface area contributed by atoms with Gasteiger partial charge in [-0.1, -0.05) is 6.42 Å². The zero-order valence-corrected chi connectivity index (χ0v) is 10.8. The molecule has 2 atom stereocenters. The molecule has 0 spiro atoms. The van der Waals surface area contributed by atoms with E-state index in [0.717, 1.165) is 30.5 Å². The van der Waals surface area contributed by atoms with Gasteiger partial charge in [-0.15, -0.1) is 0 Å². The number of fused-ring (bicyclic) bond motifs is 1. The molecule has 1 aromatic heterocycles. The fraction of sp³-hybridized carbons (Fsp3) is 0.500. The maximum Gasteiger partial charge on any atom is 0.295 e. The van der Waals surface area contributed by atoms with Gasteiger partial charge < -0.3 is 20.6 Å². The largest absolute Gasteiger partial charge is 0.424 e. The maximum absolute atomic E-state index is 9.30. The van der Waals surface area contributed by atoms with E-state index in [1.807, 2.05) is 6.07 Å². The van der Waals surface area contributed by atoms with Gasteiger partial charge in [0, 0.05) is 18.8 Å². The molecule has 0 radical (unpaired) electrons. The standard InChI is InChI=1S/C14H19N3O2/c15-11-4-5-13-12(6-11)17-14(19-13)16-7-9-2-1-3-10(9)8-18/h4-6,9-10,18H,1-3,7-8,15H2,(H,16,17). The van der Waals surface area contributed by atoms with Gasteiger partial charge in [0.2, 0.25) is 0 Å². The molecular formula is C14H19N3O2. The van der Waals surface area contributed by atoms with E-state index in [0.29, 0.717) is 23.5 Å². The van der Waals surface area contributed by atoms with E-state index in [1.165, 1.54) is 6.42 Å². The molecule has 1 aromatic carbocycles. The maximum atomic E-state index is 9.30. The number of nitrogen functional groups attached to an aromatic ring is 1. The van der Waals surface area contributed by atoms with Gasteiger partial charge in [0.15, 0.2) is 5.58 Å². The van der Waals surface area contributed by atoms with Crippen LogP contribution in [0.2, 0.25) is 0 Å². The Labute approximate surface area is 111 Å². The molecule has 3 rings (SSSR count). The second-order valence-corrected chi connectivity index (χ2v) is 5.26. The highest BCUT2D eigenvalue weighted by Gasteiger charge is 2.26. The lowest BCUT2D eigenvalue weighted by atomic mass is 9.97. The highest BCUT2D eigenvalue weighted by Crippen LogP contribution is 2.31. The fourth-order valence-corrected chi connectivity index (χ4v) is 2.86. The summed E-state index contributed by atoms with van der Waals surface area (Å²) in [4.78, 5) is 4.37. The molecule has 0 bridgehead atoms. The van der Waals surface area contributed by atoms with Crippen LogP contribution in [0.4, 0.5) is 11.7 Å². The number of hydrogen-bond donors (Lipinski definition) is 3. The van der Waals surface area contributed by atoms with Crippen LogP contribution in [0.3, 0.4) is 0 Å². The number of rotatable bonds is 4. The third kappa shape index (κ3) is 2.51. The van der Waals surface area contributed by atoms with Crippen molar-refractivity contribution in [1.29, 1.82) is 0 Å². The van der Waals surface area contributed by atoms with Crippen LogP contribution in [0.15, 0.2) is 22.6 Å². The third-order valence-electron chi connectivity index (χ3n) is 3.98. The summed E-state index contributed by atoms with van der Waals surface area (Å²) in [7, 11) is 0. The summed E-state index contributed by atoms with van der Waals surface area (Å²) in [5.74, 6) is 0.914. The van der Waals surface area contributed by atoms with E-state index >= 15 is 0 Å². The zero-order chi connectivity index (χ0) is 13.2. The van der Waals surface area contributed by atoms with Gasteiger partial charge in [-0.2, -0.15) is 4.98 Å². The smallest absolute Gasteiger partial charge is 0.295 e. The fourth-order valence-electron chi connectivity index (χ4n) is 2.86. The molecule has 5 nitrogen and oxygen atoms in total. The van der Waals surface area contributed by atoms with Gasteiger partial charge >= 0.3 is 0 Å². The Kier molecular flexibility index (Phi) is 3.29. The molecule has 1 aliphatic carbocycles. The van der Waals surface area contributed by atoms with E-state index in [2.05, 4.69) is 10.3 Å². The minimum Gasteiger partial charge on any atom is -0.424 e. The average molecular weight is 261 g/mol. The minimum atomic E-state index is 0.274. The first-order valence-electron chi connectivity index (χ1n) is 6.77. The first-order valence-corrected chi connectivity index (χ1v) is 6.77. The van der Waals surface area contributed by atoms with E-state index in [4.69, 9.17) is 10.2 Å². The Bertz CT molecular complexity index is 567. The lowest BCUT2D eigenvalue weighted by Crippen LogP contribution is -2.20. The van der Waals surface area contributed by atoms with Crippen LogP contribution >= 0.6 is 0 Å². The third-order valence-corrected chi connectivity index (χ3v) is 3.98. The Balaban J connectivity index is 1.68. The zero-order valence-electron chi connectivity index (χ0n) is 10.8. The van der Waals surface area contributed by atoms with E-state index in [1.54, 1.807) is 12.1 Å². The number of aliphatic hydroxyl groups excluding tert-OH is 1. The Morgan fingerprint density at radius 3 is 3.05 bits per heavy atom. The average Bonchev–Trinajstić information content (AvgIpc) is 3.01. The van der Waals surface area contributed by atoms with Crippen molar-refractivity contribution in [2.24, 2.45) is 11.8 Å². The van der Waals surface area contributed by atoms with Crippen molar-refractivity contribution in [3.05, 3.63) is 18.2 Å². The quantitative estimate of drug-likeness (QED) is 0.735. The molecule has 0 amide bonds. The van der Waals surface area contributed by atoms with Crippen molar-refractivity contribution >= 4 is 22.8 Å². The van der Waals surface area contributed by atoms with Crippen LogP contribution in [0.25, 0.3) is 11.1 Å². The highest BCUT2D eigenvalue weighted by atomic mass is 16.4. The topological polar surface area (TPSA) is 84.3 Å². The van der Waals surface area contributed by atoms with E-state index < -0.39 is 0 Å². The van der Waals surface area contributed by atoms with Crippen molar-refractivity contribution in [1.82, 2.24) is 4.98 Å². The monoisotopic (exact) mass is 261 g/mol. The number of anilines is 2. The first-order chi connectivity index (χ1) is 9.26. The van der Waals surface area contributed by atoms with Crippen LogP contribution in [0.1, 0.15) is 19.3 Å². The second-order valence-electron chi connectivity index (χ2n) is 5.26. The molecule has 1 heterocycles. The second kappa shape index (κ2) is 5.09. The van der Waals surface area contributed by atoms with Crippen LogP contribution in [-0.4, -0.2) is 23.2 Å². The first kappa shape index (κ1) is 12.3. The molecule has 0 saturated heterocycles. The predicted octanol–water partition coefficient (Wildman–Crippen LogP) is 2.23. The number of nitrogens with two attached hydrogens (primary N) is 1. The van der Waals surface area contributed by atoms with Gasteiger partial charge in [0.05, 0.1) is 0 Å². The summed E-state index contributed by atoms with van der Waals surface area (Å²) >= 11 is 0. The molecule has 5 heteroatoms. The van der Waals surface area contributed by atoms with Crippen molar-refractivity contribution < 1.29 is 9.52 Å². The molecule has 1 fully saturated rings. The molecular weight excluding hydrogens is 242 g/mol. The molecule has 4 N–H and O–H groups in total. The van der Waals surface area contributed by atoms with Gasteiger partial charge in [-0.05, 0) is 42.9 Å². The van der Waals surface area contributed by atoms with Gasteiger partial charge in [0.25, 0.3) is 6.01 Å². The molecule has 1 aliphatic rings. The van der Waals surface area contributed by atoms with E-state index in [9.17, 15) is 5.11 Å². The SMILES string of the molecule is Nc1ccc2oc(NCC3CCCC3CO)nc2c1. The number of aromatic nitrogens is 1. The van der Waals surface area contributed by atoms with Crippen LogP contribution < -0.4 is 11.1 Å². The Hall–Kier alpha value is -1.75. The number of hydrogen-bond acceptors (Lipinski definition) is 5. The molecule has 0 aliphatic heterocycles. The molecule has 2 unspecified atom stereocenters. The molecule has 19 heavy (non-hydrogen) atoms. The van der Waals surface area contributed by atoms with Crippen LogP contribution in [0, 0.1) is 11.8 Å². The Morgan fingerprint density at radius 2 is 2.21 bits per heavy atom. The van der Waals surface area contributed by atoms with Gasteiger partial charge in [0.1, 0.15) is 5.52 Å². The molecule has 2 aromatic rings. The van der Waals surface area contributed by atoms with Gasteiger partial charge in [-0.25, -0.2) is 0 Å². The number of aliphatic hydroxyl groups is 1. The van der Waals surface area contributed by atoms with Crippen LogP contribution in [0.5, 0.6) is 0 Å². The number of benzene rings is 1. The van der Waals surface area contributed by atoms with E-state index in [-0.39, 0.29) is 6.61 Å². The summed E-state index contributed by atoms with van der Waals surface area (Å²) in [6.07, 6.45) is 3.47. The normalized spacial score (nSPS) is 23.0. The summed E-state index contributed by atoms with van der Waals surface area (Å²) in [5.41, 5.74) is 7.91. The minimum absolute atomic E-state index is 0.274. The summed E-state index contributed by atoms with van der Waals surface area (Å²) in [6.45, 7) is 1.07. The highest BCUT2D eigenvalue weighted by molar-refractivity contribution is 5.78. The molecule has 102 valence electrons. The lowest BCUT2D eigenvalue weighted by Gasteiger charge is -2.16. The van der Waals surface area contributed by atoms with Crippen molar-refractivity contribution in [2.75, 3.05) is 24.2 Å². The summed E-state index contributed by atoms with van der Waals surface area (Å²) in [6, 6.07) is 5.96. The predicted molar refractivity (Wildman–Crippen MR) is 74.8 cm³/mol. The van der Waals surface area contributed by atoms with Crippen molar-refractivity contribution in [3.63, 3.8) is 0 Å².